The van der Waals surface area contributed by atoms with Gasteiger partial charge in [-0.2, -0.15) is 13.2 Å². The van der Waals surface area contributed by atoms with E-state index in [9.17, 15) is 13.2 Å². The lowest BCUT2D eigenvalue weighted by molar-refractivity contribution is -0.175. The molecule has 1 unspecified atom stereocenters. The van der Waals surface area contributed by atoms with Crippen LogP contribution in [0.5, 0.6) is 0 Å². The Labute approximate surface area is 92.6 Å². The monoisotopic (exact) mass is 239 g/mol. The van der Waals surface area contributed by atoms with Crippen molar-refractivity contribution in [2.24, 2.45) is 0 Å². The number of halogens is 3. The largest absolute Gasteiger partial charge is 0.497 e. The molecule has 3 nitrogen and oxygen atoms in total. The van der Waals surface area contributed by atoms with Crippen molar-refractivity contribution in [3.05, 3.63) is 11.8 Å². The van der Waals surface area contributed by atoms with Gasteiger partial charge in [-0.05, 0) is 26.0 Å². The molecule has 0 spiro atoms. The van der Waals surface area contributed by atoms with Crippen LogP contribution in [-0.4, -0.2) is 39.1 Å². The molecular weight excluding hydrogens is 223 g/mol. The molecule has 0 aromatic heterocycles. The first-order valence-electron chi connectivity index (χ1n) is 5.17. The summed E-state index contributed by atoms with van der Waals surface area (Å²) in [7, 11) is 1.67. The van der Waals surface area contributed by atoms with Gasteiger partial charge in [0.1, 0.15) is 12.4 Å². The van der Waals surface area contributed by atoms with Gasteiger partial charge < -0.3 is 14.8 Å². The molecule has 1 heterocycles. The van der Waals surface area contributed by atoms with E-state index in [1.54, 1.807) is 7.05 Å². The van der Waals surface area contributed by atoms with E-state index in [1.165, 1.54) is 0 Å². The Hall–Kier alpha value is -0.750. The summed E-state index contributed by atoms with van der Waals surface area (Å²) in [5.41, 5.74) is 0. The van der Waals surface area contributed by atoms with Crippen LogP contribution in [0, 0.1) is 0 Å². The van der Waals surface area contributed by atoms with Crippen molar-refractivity contribution in [1.29, 1.82) is 0 Å². The number of allylic oxidation sites excluding steroid dienone is 1. The second-order valence-electron chi connectivity index (χ2n) is 3.57. The first-order valence-corrected chi connectivity index (χ1v) is 5.17. The molecule has 0 radical (unpaired) electrons. The van der Waals surface area contributed by atoms with E-state index in [4.69, 9.17) is 4.74 Å². The van der Waals surface area contributed by atoms with Crippen LogP contribution in [-0.2, 0) is 9.47 Å². The van der Waals surface area contributed by atoms with Crippen molar-refractivity contribution >= 4 is 0 Å². The Kier molecular flexibility index (Phi) is 5.08. The van der Waals surface area contributed by atoms with E-state index in [2.05, 4.69) is 10.1 Å². The van der Waals surface area contributed by atoms with Gasteiger partial charge in [0, 0.05) is 0 Å². The number of nitrogens with one attached hydrogen (secondary N) is 1. The lowest BCUT2D eigenvalue weighted by Crippen LogP contribution is -2.35. The number of alkyl halides is 3. The Bertz CT molecular complexity index is 241. The van der Waals surface area contributed by atoms with Gasteiger partial charge >= 0.3 is 6.18 Å². The Morgan fingerprint density at radius 3 is 2.81 bits per heavy atom. The quantitative estimate of drug-likeness (QED) is 0.794. The average molecular weight is 239 g/mol. The predicted molar refractivity (Wildman–Crippen MR) is 53.0 cm³/mol. The fourth-order valence-electron chi connectivity index (χ4n) is 1.42. The van der Waals surface area contributed by atoms with Crippen LogP contribution in [0.4, 0.5) is 13.2 Å². The van der Waals surface area contributed by atoms with Gasteiger partial charge in [-0.15, -0.1) is 0 Å². The van der Waals surface area contributed by atoms with Crippen molar-refractivity contribution in [3.8, 4) is 0 Å². The van der Waals surface area contributed by atoms with E-state index in [0.717, 1.165) is 12.8 Å². The lowest BCUT2D eigenvalue weighted by Gasteiger charge is -2.23. The smallest absolute Gasteiger partial charge is 0.411 e. The van der Waals surface area contributed by atoms with Gasteiger partial charge in [-0.3, -0.25) is 0 Å². The third kappa shape index (κ3) is 4.85. The maximum atomic E-state index is 11.9. The summed E-state index contributed by atoms with van der Waals surface area (Å²) in [6, 6.07) is -0.303. The molecule has 0 saturated heterocycles. The third-order valence-corrected chi connectivity index (χ3v) is 2.20. The number of rotatable bonds is 5. The van der Waals surface area contributed by atoms with Crippen molar-refractivity contribution in [1.82, 2.24) is 5.32 Å². The average Bonchev–Trinajstić information content (AvgIpc) is 2.24. The highest BCUT2D eigenvalue weighted by Gasteiger charge is 2.28. The molecule has 0 amide bonds. The molecule has 0 fully saturated rings. The molecule has 1 rings (SSSR count). The molecule has 0 aliphatic carbocycles. The number of likely N-dealkylation sites (N-methyl/N-ethyl adjacent to an activating group) is 1. The summed E-state index contributed by atoms with van der Waals surface area (Å²) in [6.07, 6.45) is -0.544. The first kappa shape index (κ1) is 13.3. The van der Waals surface area contributed by atoms with Crippen LogP contribution in [0.15, 0.2) is 11.8 Å². The topological polar surface area (TPSA) is 30.5 Å². The predicted octanol–water partition coefficient (Wildman–Crippen LogP) is 1.85. The zero-order chi connectivity index (χ0) is 12.0. The number of ether oxygens (including phenoxy) is 2. The highest BCUT2D eigenvalue weighted by Crippen LogP contribution is 2.17. The molecule has 1 N–H and O–H groups in total. The Morgan fingerprint density at radius 1 is 1.56 bits per heavy atom. The summed E-state index contributed by atoms with van der Waals surface area (Å²) >= 11 is 0. The SMILES string of the molecule is CNC(COCC(F)(F)F)C1=CCCCO1. The molecule has 0 bridgehead atoms. The second-order valence-corrected chi connectivity index (χ2v) is 3.57. The standard InChI is InChI=1S/C10H16F3NO2/c1-14-8(6-15-7-10(11,12)13)9-4-2-3-5-16-9/h4,8,14H,2-3,5-7H2,1H3. The van der Waals surface area contributed by atoms with Crippen LogP contribution in [0.1, 0.15) is 12.8 Å². The normalized spacial score (nSPS) is 18.9. The summed E-state index contributed by atoms with van der Waals surface area (Å²) < 4.78 is 45.5. The van der Waals surface area contributed by atoms with Crippen molar-refractivity contribution in [2.45, 2.75) is 25.1 Å². The van der Waals surface area contributed by atoms with Crippen molar-refractivity contribution < 1.29 is 22.6 Å². The van der Waals surface area contributed by atoms with Crippen LogP contribution in [0.2, 0.25) is 0 Å². The molecule has 1 aliphatic rings. The summed E-state index contributed by atoms with van der Waals surface area (Å²) in [4.78, 5) is 0. The van der Waals surface area contributed by atoms with Crippen LogP contribution in [0.25, 0.3) is 0 Å². The molecule has 0 aromatic carbocycles. The minimum Gasteiger partial charge on any atom is -0.497 e. The second kappa shape index (κ2) is 6.10. The van der Waals surface area contributed by atoms with Gasteiger partial charge in [0.25, 0.3) is 0 Å². The summed E-state index contributed by atoms with van der Waals surface area (Å²) in [6.45, 7) is -0.649. The van der Waals surface area contributed by atoms with Gasteiger partial charge in [0.15, 0.2) is 0 Å². The summed E-state index contributed by atoms with van der Waals surface area (Å²) in [5, 5.41) is 2.87. The van der Waals surface area contributed by atoms with Crippen LogP contribution >= 0.6 is 0 Å². The molecule has 16 heavy (non-hydrogen) atoms. The lowest BCUT2D eigenvalue weighted by atomic mass is 10.1. The zero-order valence-electron chi connectivity index (χ0n) is 9.14. The Morgan fingerprint density at radius 2 is 2.31 bits per heavy atom. The Balaban J connectivity index is 2.34. The van der Waals surface area contributed by atoms with Gasteiger partial charge in [-0.25, -0.2) is 0 Å². The maximum Gasteiger partial charge on any atom is 0.411 e. The van der Waals surface area contributed by atoms with Gasteiger partial charge in [0.05, 0.1) is 19.3 Å². The molecule has 94 valence electrons. The molecule has 0 saturated carbocycles. The first-order chi connectivity index (χ1) is 7.53. The fourth-order valence-corrected chi connectivity index (χ4v) is 1.42. The number of hydrogen-bond donors (Lipinski definition) is 1. The minimum absolute atomic E-state index is 0.0398. The van der Waals surface area contributed by atoms with Crippen molar-refractivity contribution in [3.63, 3.8) is 0 Å². The molecular formula is C10H16F3NO2. The highest BCUT2D eigenvalue weighted by molar-refractivity contribution is 5.05. The van der Waals surface area contributed by atoms with Crippen molar-refractivity contribution in [2.75, 3.05) is 26.9 Å². The summed E-state index contributed by atoms with van der Waals surface area (Å²) in [5.74, 6) is 0.677. The van der Waals surface area contributed by atoms with E-state index >= 15 is 0 Å². The van der Waals surface area contributed by atoms with E-state index in [1.807, 2.05) is 6.08 Å². The van der Waals surface area contributed by atoms with E-state index < -0.39 is 12.8 Å². The molecule has 6 heteroatoms. The molecule has 0 aromatic rings. The molecule has 1 aliphatic heterocycles. The third-order valence-electron chi connectivity index (χ3n) is 2.20. The zero-order valence-corrected chi connectivity index (χ0v) is 9.14. The van der Waals surface area contributed by atoms with Gasteiger partial charge in [-0.1, -0.05) is 0 Å². The number of hydrogen-bond acceptors (Lipinski definition) is 3. The van der Waals surface area contributed by atoms with E-state index in [-0.39, 0.29) is 12.6 Å². The highest BCUT2D eigenvalue weighted by atomic mass is 19.4. The molecule has 1 atom stereocenters. The van der Waals surface area contributed by atoms with E-state index in [0.29, 0.717) is 12.4 Å². The minimum atomic E-state index is -4.28. The fraction of sp³-hybridized carbons (Fsp3) is 0.800. The van der Waals surface area contributed by atoms with Crippen LogP contribution < -0.4 is 5.32 Å². The van der Waals surface area contributed by atoms with Crippen LogP contribution in [0.3, 0.4) is 0 Å². The maximum absolute atomic E-state index is 11.9. The van der Waals surface area contributed by atoms with Gasteiger partial charge in [0.2, 0.25) is 0 Å².